The van der Waals surface area contributed by atoms with Crippen LogP contribution in [0.5, 0.6) is 0 Å². The lowest BCUT2D eigenvalue weighted by Crippen LogP contribution is -2.30. The van der Waals surface area contributed by atoms with Gasteiger partial charge in [0.05, 0.1) is 39.3 Å². The number of hydrogen-bond donors (Lipinski definition) is 1. The second-order valence-corrected chi connectivity index (χ2v) is 9.32. The molecular formula is C28H20N8O2. The van der Waals surface area contributed by atoms with Crippen LogP contribution in [-0.4, -0.2) is 34.3 Å². The molecule has 0 saturated heterocycles. The number of benzene rings is 1. The maximum Gasteiger partial charge on any atom is 0.333 e. The van der Waals surface area contributed by atoms with Crippen molar-refractivity contribution < 1.29 is 0 Å². The van der Waals surface area contributed by atoms with E-state index in [0.29, 0.717) is 33.7 Å². The van der Waals surface area contributed by atoms with Gasteiger partial charge in [0.25, 0.3) is 5.56 Å². The summed E-state index contributed by atoms with van der Waals surface area (Å²) in [6.45, 7) is 3.61. The third kappa shape index (κ3) is 3.74. The zero-order valence-electron chi connectivity index (χ0n) is 20.5. The quantitative estimate of drug-likeness (QED) is 0.365. The number of fused-ring (bicyclic) bond motifs is 3. The summed E-state index contributed by atoms with van der Waals surface area (Å²) < 4.78 is 3.06. The minimum Gasteiger partial charge on any atom is -0.273 e. The largest absolute Gasteiger partial charge is 0.333 e. The summed E-state index contributed by atoms with van der Waals surface area (Å²) in [5.41, 5.74) is 1.89. The Labute approximate surface area is 215 Å². The van der Waals surface area contributed by atoms with Gasteiger partial charge < -0.3 is 0 Å². The molecule has 10 heteroatoms. The summed E-state index contributed by atoms with van der Waals surface area (Å²) in [7, 11) is 0. The van der Waals surface area contributed by atoms with Gasteiger partial charge in [-0.2, -0.15) is 10.4 Å². The molecule has 6 rings (SSSR count). The standard InChI is InChI=1S/C28H20N8O2/c1-28(2,16-29)18-5-3-6-19(13-18)36-25-20(26(37)34-27(36)38)15-30-22-9-8-21(33-24(22)25)17-7-10-23(31-14-17)35-12-4-11-32-35/h3-15H,1-2H3,(H,34,37,38). The van der Waals surface area contributed by atoms with E-state index in [1.807, 2.05) is 30.3 Å². The molecule has 0 fully saturated rings. The van der Waals surface area contributed by atoms with Gasteiger partial charge in [0, 0.05) is 30.4 Å². The summed E-state index contributed by atoms with van der Waals surface area (Å²) in [5, 5.41) is 14.0. The van der Waals surface area contributed by atoms with E-state index in [1.165, 1.54) is 10.8 Å². The zero-order valence-corrected chi connectivity index (χ0v) is 20.5. The molecule has 0 spiro atoms. The fourth-order valence-corrected chi connectivity index (χ4v) is 4.35. The van der Waals surface area contributed by atoms with E-state index < -0.39 is 16.7 Å². The molecule has 6 aromatic rings. The van der Waals surface area contributed by atoms with Crippen molar-refractivity contribution >= 4 is 21.9 Å². The van der Waals surface area contributed by atoms with Crippen molar-refractivity contribution in [2.24, 2.45) is 0 Å². The average molecular weight is 501 g/mol. The van der Waals surface area contributed by atoms with Crippen molar-refractivity contribution in [3.05, 3.63) is 106 Å². The molecule has 0 aliphatic carbocycles. The van der Waals surface area contributed by atoms with Gasteiger partial charge in [0.2, 0.25) is 0 Å². The SMILES string of the molecule is CC(C)(C#N)c1cccc(-n2c(=O)[nH]c(=O)c3cnc4ccc(-c5ccc(-n6cccn6)nc5)nc4c32)c1. The Hall–Kier alpha value is -5.43. The van der Waals surface area contributed by atoms with Crippen LogP contribution in [0.4, 0.5) is 0 Å². The molecule has 5 heterocycles. The summed E-state index contributed by atoms with van der Waals surface area (Å²) in [6.07, 6.45) is 6.61. The average Bonchev–Trinajstić information content (AvgIpc) is 3.48. The predicted octanol–water partition coefficient (Wildman–Crippen LogP) is 3.67. The van der Waals surface area contributed by atoms with Crippen LogP contribution in [0.1, 0.15) is 19.4 Å². The van der Waals surface area contributed by atoms with Crippen molar-refractivity contribution in [3.63, 3.8) is 0 Å². The topological polar surface area (TPSA) is 135 Å². The van der Waals surface area contributed by atoms with E-state index in [4.69, 9.17) is 4.98 Å². The van der Waals surface area contributed by atoms with E-state index in [1.54, 1.807) is 61.4 Å². The van der Waals surface area contributed by atoms with Gasteiger partial charge in [-0.25, -0.2) is 19.4 Å². The molecule has 0 unspecified atom stereocenters. The van der Waals surface area contributed by atoms with Gasteiger partial charge >= 0.3 is 5.69 Å². The molecule has 0 saturated carbocycles. The highest BCUT2D eigenvalue weighted by molar-refractivity contribution is 6.01. The van der Waals surface area contributed by atoms with E-state index in [0.717, 1.165) is 11.1 Å². The molecule has 0 aliphatic rings. The predicted molar refractivity (Wildman–Crippen MR) is 142 cm³/mol. The van der Waals surface area contributed by atoms with Crippen LogP contribution in [0.25, 0.3) is 44.7 Å². The molecule has 0 aliphatic heterocycles. The van der Waals surface area contributed by atoms with E-state index in [9.17, 15) is 14.9 Å². The first-order valence-electron chi connectivity index (χ1n) is 11.8. The number of aromatic nitrogens is 7. The molecule has 5 aromatic heterocycles. The summed E-state index contributed by atoms with van der Waals surface area (Å²) in [4.78, 5) is 42.1. The maximum atomic E-state index is 13.2. The van der Waals surface area contributed by atoms with Crippen LogP contribution in [-0.2, 0) is 5.41 Å². The van der Waals surface area contributed by atoms with E-state index >= 15 is 0 Å². The lowest BCUT2D eigenvalue weighted by Gasteiger charge is -2.18. The Kier molecular flexibility index (Phi) is 5.20. The Morgan fingerprint density at radius 1 is 1.00 bits per heavy atom. The monoisotopic (exact) mass is 500 g/mol. The molecule has 184 valence electrons. The first kappa shape index (κ1) is 23.0. The molecule has 1 N–H and O–H groups in total. The highest BCUT2D eigenvalue weighted by Gasteiger charge is 2.21. The van der Waals surface area contributed by atoms with E-state index in [2.05, 4.69) is 26.1 Å². The number of nitriles is 1. The highest BCUT2D eigenvalue weighted by atomic mass is 16.2. The first-order valence-corrected chi connectivity index (χ1v) is 11.8. The Balaban J connectivity index is 1.60. The van der Waals surface area contributed by atoms with Gasteiger partial charge in [0.15, 0.2) is 5.82 Å². The van der Waals surface area contributed by atoms with Gasteiger partial charge in [-0.3, -0.25) is 19.3 Å². The molecule has 38 heavy (non-hydrogen) atoms. The minimum atomic E-state index is -0.776. The van der Waals surface area contributed by atoms with Crippen molar-refractivity contribution in [1.82, 2.24) is 34.3 Å². The molecule has 0 amide bonds. The summed E-state index contributed by atoms with van der Waals surface area (Å²) in [5.74, 6) is 0.659. The third-order valence-electron chi connectivity index (χ3n) is 6.47. The fraction of sp³-hybridized carbons (Fsp3) is 0.107. The molecule has 0 atom stereocenters. The van der Waals surface area contributed by atoms with E-state index in [-0.39, 0.29) is 5.39 Å². The Bertz CT molecular complexity index is 2000. The highest BCUT2D eigenvalue weighted by Crippen LogP contribution is 2.28. The second kappa shape index (κ2) is 8.60. The van der Waals surface area contributed by atoms with Crippen LogP contribution < -0.4 is 11.2 Å². The smallest absolute Gasteiger partial charge is 0.273 e. The summed E-state index contributed by atoms with van der Waals surface area (Å²) >= 11 is 0. The van der Waals surface area contributed by atoms with Crippen LogP contribution >= 0.6 is 0 Å². The van der Waals surface area contributed by atoms with Crippen LogP contribution in [0.3, 0.4) is 0 Å². The zero-order chi connectivity index (χ0) is 26.4. The van der Waals surface area contributed by atoms with Crippen molar-refractivity contribution in [1.29, 1.82) is 5.26 Å². The van der Waals surface area contributed by atoms with Crippen LogP contribution in [0.2, 0.25) is 0 Å². The number of nitrogens with one attached hydrogen (secondary N) is 1. The normalized spacial score (nSPS) is 11.6. The van der Waals surface area contributed by atoms with Gasteiger partial charge in [0.1, 0.15) is 5.52 Å². The Morgan fingerprint density at radius 2 is 1.87 bits per heavy atom. The maximum absolute atomic E-state index is 13.2. The number of aromatic amines is 1. The molecule has 0 radical (unpaired) electrons. The van der Waals surface area contributed by atoms with Gasteiger partial charge in [-0.1, -0.05) is 12.1 Å². The Morgan fingerprint density at radius 3 is 2.61 bits per heavy atom. The first-order chi connectivity index (χ1) is 18.4. The van der Waals surface area contributed by atoms with Crippen molar-refractivity contribution in [2.45, 2.75) is 19.3 Å². The second-order valence-electron chi connectivity index (χ2n) is 9.32. The lowest BCUT2D eigenvalue weighted by atomic mass is 9.86. The third-order valence-corrected chi connectivity index (χ3v) is 6.47. The molecule has 10 nitrogen and oxygen atoms in total. The molecular weight excluding hydrogens is 480 g/mol. The number of pyridine rings is 3. The van der Waals surface area contributed by atoms with Crippen molar-refractivity contribution in [3.8, 4) is 28.8 Å². The van der Waals surface area contributed by atoms with Gasteiger partial charge in [-0.05, 0) is 61.9 Å². The number of H-pyrrole nitrogens is 1. The minimum absolute atomic E-state index is 0.221. The molecule has 1 aromatic carbocycles. The number of rotatable bonds is 4. The van der Waals surface area contributed by atoms with Crippen LogP contribution in [0, 0.1) is 11.3 Å². The summed E-state index contributed by atoms with van der Waals surface area (Å²) in [6, 6.07) is 18.6. The number of nitrogens with zero attached hydrogens (tertiary/aromatic N) is 7. The lowest BCUT2D eigenvalue weighted by molar-refractivity contribution is 0.686. The van der Waals surface area contributed by atoms with Crippen molar-refractivity contribution in [2.75, 3.05) is 0 Å². The number of hydrogen-bond acceptors (Lipinski definition) is 7. The molecule has 0 bridgehead atoms. The van der Waals surface area contributed by atoms with Gasteiger partial charge in [-0.15, -0.1) is 0 Å². The van der Waals surface area contributed by atoms with Crippen LogP contribution in [0.15, 0.2) is 89.0 Å². The fourth-order valence-electron chi connectivity index (χ4n) is 4.35.